The third-order valence-corrected chi connectivity index (χ3v) is 2.57. The van der Waals surface area contributed by atoms with Gasteiger partial charge < -0.3 is 10.5 Å². The van der Waals surface area contributed by atoms with Crippen molar-refractivity contribution in [1.29, 1.82) is 0 Å². The molecule has 0 bridgehead atoms. The van der Waals surface area contributed by atoms with Gasteiger partial charge in [0.2, 0.25) is 0 Å². The van der Waals surface area contributed by atoms with Crippen LogP contribution in [0.15, 0.2) is 12.3 Å². The Labute approximate surface area is 116 Å². The zero-order valence-corrected chi connectivity index (χ0v) is 12.0. The second-order valence-corrected chi connectivity index (χ2v) is 5.74. The van der Waals surface area contributed by atoms with Crippen molar-refractivity contribution in [2.45, 2.75) is 38.8 Å². The minimum absolute atomic E-state index is 0.237. The number of ether oxygens (including phenoxy) is 1. The van der Waals surface area contributed by atoms with Crippen LogP contribution in [0, 0.1) is 0 Å². The van der Waals surface area contributed by atoms with E-state index in [2.05, 4.69) is 4.98 Å². The molecule has 1 aromatic heterocycles. The number of aromatic nitrogens is 1. The van der Waals surface area contributed by atoms with Crippen LogP contribution in [-0.4, -0.2) is 22.6 Å². The molecular weight excluding hydrogens is 275 g/mol. The predicted octanol–water partition coefficient (Wildman–Crippen LogP) is 2.60. The van der Waals surface area contributed by atoms with Crippen molar-refractivity contribution in [2.75, 3.05) is 0 Å². The first-order valence-corrected chi connectivity index (χ1v) is 6.23. The van der Waals surface area contributed by atoms with E-state index in [0.29, 0.717) is 15.7 Å². The van der Waals surface area contributed by atoms with Crippen molar-refractivity contribution in [3.63, 3.8) is 0 Å². The Morgan fingerprint density at radius 2 is 2.11 bits per heavy atom. The number of halogens is 2. The summed E-state index contributed by atoms with van der Waals surface area (Å²) in [5.74, 6) is -0.474. The molecule has 1 aromatic rings. The molecule has 1 heterocycles. The van der Waals surface area contributed by atoms with Crippen LogP contribution in [0.5, 0.6) is 0 Å². The lowest BCUT2D eigenvalue weighted by Gasteiger charge is -2.22. The molecule has 0 amide bonds. The lowest BCUT2D eigenvalue weighted by atomic mass is 10.1. The van der Waals surface area contributed by atoms with E-state index in [1.54, 1.807) is 26.8 Å². The third-order valence-electron chi connectivity index (χ3n) is 2.03. The molecule has 0 aliphatic heterocycles. The van der Waals surface area contributed by atoms with Crippen LogP contribution in [0.2, 0.25) is 10.2 Å². The van der Waals surface area contributed by atoms with Crippen molar-refractivity contribution in [1.82, 2.24) is 4.98 Å². The van der Waals surface area contributed by atoms with E-state index >= 15 is 0 Å². The van der Waals surface area contributed by atoms with Gasteiger partial charge in [0.15, 0.2) is 0 Å². The SMILES string of the molecule is CC(C)(C)OC(=O)C(N)Cc1cc(Cl)cnc1Cl. The third kappa shape index (κ3) is 4.80. The summed E-state index contributed by atoms with van der Waals surface area (Å²) >= 11 is 11.7. The Morgan fingerprint density at radius 1 is 1.50 bits per heavy atom. The van der Waals surface area contributed by atoms with Crippen molar-refractivity contribution in [3.05, 3.63) is 28.0 Å². The lowest BCUT2D eigenvalue weighted by molar-refractivity contribution is -0.156. The van der Waals surface area contributed by atoms with Gasteiger partial charge in [0.05, 0.1) is 5.02 Å². The van der Waals surface area contributed by atoms with Gasteiger partial charge in [-0.3, -0.25) is 4.79 Å². The zero-order chi connectivity index (χ0) is 13.9. The molecule has 2 N–H and O–H groups in total. The average molecular weight is 291 g/mol. The number of nitrogens with two attached hydrogens (primary N) is 1. The molecule has 0 aliphatic carbocycles. The van der Waals surface area contributed by atoms with Gasteiger partial charge in [-0.15, -0.1) is 0 Å². The topological polar surface area (TPSA) is 65.2 Å². The van der Waals surface area contributed by atoms with Gasteiger partial charge in [0.1, 0.15) is 16.8 Å². The molecule has 6 heteroatoms. The van der Waals surface area contributed by atoms with Crippen LogP contribution in [0.25, 0.3) is 0 Å². The molecule has 0 spiro atoms. The van der Waals surface area contributed by atoms with E-state index in [4.69, 9.17) is 33.7 Å². The van der Waals surface area contributed by atoms with Crippen LogP contribution in [0.1, 0.15) is 26.3 Å². The summed E-state index contributed by atoms with van der Waals surface area (Å²) in [5.41, 5.74) is 5.83. The highest BCUT2D eigenvalue weighted by Gasteiger charge is 2.23. The Hall–Kier alpha value is -0.840. The molecule has 1 atom stereocenters. The molecule has 1 rings (SSSR count). The number of esters is 1. The fraction of sp³-hybridized carbons (Fsp3) is 0.500. The monoisotopic (exact) mass is 290 g/mol. The summed E-state index contributed by atoms with van der Waals surface area (Å²) in [6, 6.07) is 0.850. The first-order valence-electron chi connectivity index (χ1n) is 5.47. The number of pyridine rings is 1. The fourth-order valence-corrected chi connectivity index (χ4v) is 1.67. The molecule has 0 aromatic carbocycles. The summed E-state index contributed by atoms with van der Waals surface area (Å²) in [7, 11) is 0. The Kier molecular flexibility index (Phi) is 4.96. The van der Waals surface area contributed by atoms with Crippen molar-refractivity contribution < 1.29 is 9.53 Å². The largest absolute Gasteiger partial charge is 0.459 e. The van der Waals surface area contributed by atoms with Gasteiger partial charge in [-0.1, -0.05) is 23.2 Å². The molecule has 18 heavy (non-hydrogen) atoms. The van der Waals surface area contributed by atoms with Gasteiger partial charge in [-0.05, 0) is 32.4 Å². The Balaban J connectivity index is 2.72. The van der Waals surface area contributed by atoms with E-state index in [9.17, 15) is 4.79 Å². The van der Waals surface area contributed by atoms with Crippen LogP contribution in [0.3, 0.4) is 0 Å². The second kappa shape index (κ2) is 5.87. The number of nitrogens with zero attached hydrogens (tertiary/aromatic N) is 1. The molecule has 0 saturated carbocycles. The summed E-state index contributed by atoms with van der Waals surface area (Å²) in [6.45, 7) is 5.35. The molecule has 0 radical (unpaired) electrons. The maximum atomic E-state index is 11.7. The lowest BCUT2D eigenvalue weighted by Crippen LogP contribution is -2.38. The van der Waals surface area contributed by atoms with Crippen molar-refractivity contribution >= 4 is 29.2 Å². The van der Waals surface area contributed by atoms with Gasteiger partial charge in [-0.25, -0.2) is 4.98 Å². The van der Waals surface area contributed by atoms with Crippen LogP contribution < -0.4 is 5.73 Å². The van der Waals surface area contributed by atoms with Crippen LogP contribution in [-0.2, 0) is 16.0 Å². The Bertz CT molecular complexity index is 444. The Morgan fingerprint density at radius 3 is 2.67 bits per heavy atom. The highest BCUT2D eigenvalue weighted by Crippen LogP contribution is 2.19. The second-order valence-electron chi connectivity index (χ2n) is 4.95. The minimum atomic E-state index is -0.790. The highest BCUT2D eigenvalue weighted by molar-refractivity contribution is 6.32. The number of carbonyl (C=O) groups is 1. The van der Waals surface area contributed by atoms with Crippen LogP contribution >= 0.6 is 23.2 Å². The van der Waals surface area contributed by atoms with Gasteiger partial charge >= 0.3 is 5.97 Å². The molecule has 4 nitrogen and oxygen atoms in total. The molecule has 100 valence electrons. The van der Waals surface area contributed by atoms with Gasteiger partial charge in [0, 0.05) is 12.6 Å². The summed E-state index contributed by atoms with van der Waals surface area (Å²) < 4.78 is 5.18. The quantitative estimate of drug-likeness (QED) is 0.686. The summed E-state index contributed by atoms with van der Waals surface area (Å²) in [5, 5.41) is 0.740. The van der Waals surface area contributed by atoms with E-state index in [-0.39, 0.29) is 6.42 Å². The first-order chi connectivity index (χ1) is 8.19. The van der Waals surface area contributed by atoms with Crippen molar-refractivity contribution in [3.8, 4) is 0 Å². The highest BCUT2D eigenvalue weighted by atomic mass is 35.5. The number of rotatable bonds is 3. The molecule has 0 fully saturated rings. The molecule has 0 aliphatic rings. The molecular formula is C12H16Cl2N2O2. The van der Waals surface area contributed by atoms with E-state index in [1.807, 2.05) is 0 Å². The molecule has 0 saturated heterocycles. The summed E-state index contributed by atoms with van der Waals surface area (Å²) in [4.78, 5) is 15.6. The average Bonchev–Trinajstić information content (AvgIpc) is 2.21. The first kappa shape index (κ1) is 15.2. The minimum Gasteiger partial charge on any atom is -0.459 e. The van der Waals surface area contributed by atoms with Crippen LogP contribution in [0.4, 0.5) is 0 Å². The van der Waals surface area contributed by atoms with Gasteiger partial charge in [0.25, 0.3) is 0 Å². The summed E-state index contributed by atoms with van der Waals surface area (Å²) in [6.07, 6.45) is 1.67. The predicted molar refractivity (Wildman–Crippen MR) is 71.8 cm³/mol. The van der Waals surface area contributed by atoms with E-state index in [1.165, 1.54) is 6.20 Å². The number of hydrogen-bond donors (Lipinski definition) is 1. The van der Waals surface area contributed by atoms with Crippen molar-refractivity contribution in [2.24, 2.45) is 5.73 Å². The fourth-order valence-electron chi connectivity index (χ4n) is 1.31. The standard InChI is InChI=1S/C12H16Cl2N2O2/c1-12(2,3)18-11(17)9(15)5-7-4-8(13)6-16-10(7)14/h4,6,9H,5,15H2,1-3H3. The zero-order valence-electron chi connectivity index (χ0n) is 10.5. The maximum absolute atomic E-state index is 11.7. The maximum Gasteiger partial charge on any atom is 0.323 e. The number of hydrogen-bond acceptors (Lipinski definition) is 4. The van der Waals surface area contributed by atoms with E-state index in [0.717, 1.165) is 0 Å². The molecule has 1 unspecified atom stereocenters. The smallest absolute Gasteiger partial charge is 0.323 e. The van der Waals surface area contributed by atoms with Gasteiger partial charge in [-0.2, -0.15) is 0 Å². The number of carbonyl (C=O) groups excluding carboxylic acids is 1. The van der Waals surface area contributed by atoms with E-state index < -0.39 is 17.6 Å². The normalized spacial score (nSPS) is 13.2.